The quantitative estimate of drug-likeness (QED) is 0.921. The largest absolute Gasteiger partial charge is 0.385 e. The lowest BCUT2D eigenvalue weighted by atomic mass is 9.97. The molecular formula is C14H18O2S3. The molecule has 1 N–H and O–H groups in total. The Kier molecular flexibility index (Phi) is 4.11. The Hall–Kier alpha value is 0.190. The number of fused-ring (bicyclic) bond motifs is 3. The maximum atomic E-state index is 10.7. The van der Waals surface area contributed by atoms with Crippen molar-refractivity contribution in [3.05, 3.63) is 35.9 Å². The fourth-order valence-electron chi connectivity index (χ4n) is 2.52. The van der Waals surface area contributed by atoms with Crippen LogP contribution in [-0.4, -0.2) is 39.5 Å². The summed E-state index contributed by atoms with van der Waals surface area (Å²) in [5, 5.41) is 10.7. The molecule has 3 fully saturated rings. The number of benzene rings is 1. The van der Waals surface area contributed by atoms with Crippen molar-refractivity contribution in [1.29, 1.82) is 0 Å². The second-order valence-electron chi connectivity index (χ2n) is 5.22. The average molecular weight is 314 g/mol. The Bertz CT molecular complexity index is 413. The Morgan fingerprint density at radius 3 is 2.26 bits per heavy atom. The highest BCUT2D eigenvalue weighted by Gasteiger charge is 2.54. The summed E-state index contributed by atoms with van der Waals surface area (Å²) in [7, 11) is 1.78. The van der Waals surface area contributed by atoms with Crippen LogP contribution in [0.5, 0.6) is 0 Å². The van der Waals surface area contributed by atoms with E-state index in [1.54, 1.807) is 7.11 Å². The fourth-order valence-corrected chi connectivity index (χ4v) is 8.23. The van der Waals surface area contributed by atoms with Gasteiger partial charge in [0.15, 0.2) is 0 Å². The van der Waals surface area contributed by atoms with Crippen molar-refractivity contribution in [1.82, 2.24) is 0 Å². The van der Waals surface area contributed by atoms with Gasteiger partial charge >= 0.3 is 0 Å². The van der Waals surface area contributed by atoms with Crippen molar-refractivity contribution in [2.75, 3.05) is 31.0 Å². The van der Waals surface area contributed by atoms with E-state index < -0.39 is 6.10 Å². The van der Waals surface area contributed by atoms with Gasteiger partial charge in [0.05, 0.1) is 6.61 Å². The third-order valence-corrected chi connectivity index (χ3v) is 9.91. The standard InChI is InChI=1S/C14H18O2S3/c1-16-7-13-8-17-14(18-9-13,19-10-13)12(15)11-5-3-2-4-6-11/h2-6,12,15H,7-10H2,1H3. The van der Waals surface area contributed by atoms with E-state index >= 15 is 0 Å². The Morgan fingerprint density at radius 2 is 1.74 bits per heavy atom. The summed E-state index contributed by atoms with van der Waals surface area (Å²) in [4.78, 5) is 0. The number of methoxy groups -OCH3 is 1. The van der Waals surface area contributed by atoms with Gasteiger partial charge in [0, 0.05) is 29.8 Å². The molecule has 0 spiro atoms. The van der Waals surface area contributed by atoms with Crippen LogP contribution in [0.25, 0.3) is 0 Å². The molecule has 0 aliphatic carbocycles. The van der Waals surface area contributed by atoms with Gasteiger partial charge in [0.1, 0.15) is 9.52 Å². The van der Waals surface area contributed by atoms with E-state index in [0.717, 1.165) is 29.4 Å². The van der Waals surface area contributed by atoms with E-state index in [-0.39, 0.29) is 3.41 Å². The van der Waals surface area contributed by atoms with Gasteiger partial charge in [-0.1, -0.05) is 30.3 Å². The summed E-state index contributed by atoms with van der Waals surface area (Å²) in [6, 6.07) is 10.0. The number of thioether (sulfide) groups is 3. The average Bonchev–Trinajstić information content (AvgIpc) is 2.49. The van der Waals surface area contributed by atoms with Crippen LogP contribution in [-0.2, 0) is 4.74 Å². The number of aliphatic hydroxyl groups is 1. The molecule has 1 atom stereocenters. The van der Waals surface area contributed by atoms with Crippen molar-refractivity contribution < 1.29 is 9.84 Å². The zero-order valence-corrected chi connectivity index (χ0v) is 13.3. The number of rotatable bonds is 4. The third-order valence-electron chi connectivity index (χ3n) is 3.64. The summed E-state index contributed by atoms with van der Waals surface area (Å²) in [6.45, 7) is 0.831. The summed E-state index contributed by atoms with van der Waals surface area (Å²) >= 11 is 5.69. The second kappa shape index (κ2) is 5.53. The highest BCUT2D eigenvalue weighted by molar-refractivity contribution is 8.34. The molecule has 2 bridgehead atoms. The van der Waals surface area contributed by atoms with Gasteiger partial charge in [-0.15, -0.1) is 35.3 Å². The predicted molar refractivity (Wildman–Crippen MR) is 85.8 cm³/mol. The van der Waals surface area contributed by atoms with Crippen LogP contribution in [0.3, 0.4) is 0 Å². The van der Waals surface area contributed by atoms with Gasteiger partial charge in [0.2, 0.25) is 0 Å². The summed E-state index contributed by atoms with van der Waals surface area (Å²) in [5.41, 5.74) is 1.32. The molecule has 3 saturated heterocycles. The van der Waals surface area contributed by atoms with Crippen LogP contribution >= 0.6 is 35.3 Å². The zero-order chi connectivity index (χ0) is 13.3. The Labute approximate surface area is 127 Å². The molecule has 5 heteroatoms. The number of aliphatic hydroxyl groups excluding tert-OH is 1. The molecule has 104 valence electrons. The fraction of sp³-hybridized carbons (Fsp3) is 0.571. The molecule has 0 radical (unpaired) electrons. The topological polar surface area (TPSA) is 29.5 Å². The lowest BCUT2D eigenvalue weighted by Gasteiger charge is -2.52. The molecular weight excluding hydrogens is 296 g/mol. The highest BCUT2D eigenvalue weighted by Crippen LogP contribution is 2.65. The first kappa shape index (κ1) is 14.1. The first-order valence-corrected chi connectivity index (χ1v) is 9.29. The molecule has 3 aliphatic heterocycles. The van der Waals surface area contributed by atoms with Crippen molar-refractivity contribution in [3.63, 3.8) is 0 Å². The van der Waals surface area contributed by atoms with Crippen molar-refractivity contribution in [2.45, 2.75) is 9.52 Å². The minimum Gasteiger partial charge on any atom is -0.385 e. The van der Waals surface area contributed by atoms with E-state index in [1.165, 1.54) is 0 Å². The van der Waals surface area contributed by atoms with Crippen LogP contribution in [0.4, 0.5) is 0 Å². The first-order chi connectivity index (χ1) is 9.20. The van der Waals surface area contributed by atoms with Gasteiger partial charge in [-0.2, -0.15) is 0 Å². The molecule has 3 heterocycles. The van der Waals surface area contributed by atoms with E-state index in [0.29, 0.717) is 5.41 Å². The minimum absolute atomic E-state index is 0.128. The maximum absolute atomic E-state index is 10.7. The van der Waals surface area contributed by atoms with Gasteiger partial charge in [-0.05, 0) is 5.56 Å². The van der Waals surface area contributed by atoms with Crippen LogP contribution in [0.1, 0.15) is 11.7 Å². The van der Waals surface area contributed by atoms with Crippen molar-refractivity contribution in [2.24, 2.45) is 5.41 Å². The number of hydrogen-bond donors (Lipinski definition) is 1. The molecule has 2 nitrogen and oxygen atoms in total. The molecule has 4 rings (SSSR count). The van der Waals surface area contributed by atoms with E-state index in [9.17, 15) is 5.11 Å². The maximum Gasteiger partial charge on any atom is 0.137 e. The SMILES string of the molecule is COCC12CSC(C(O)c3ccccc3)(SC1)SC2. The van der Waals surface area contributed by atoms with Gasteiger partial charge in [-0.3, -0.25) is 0 Å². The molecule has 3 aliphatic rings. The minimum atomic E-state index is -0.408. The van der Waals surface area contributed by atoms with Crippen LogP contribution in [0.15, 0.2) is 30.3 Å². The van der Waals surface area contributed by atoms with E-state index in [1.807, 2.05) is 65.6 Å². The van der Waals surface area contributed by atoms with E-state index in [4.69, 9.17) is 4.74 Å². The molecule has 0 saturated carbocycles. The van der Waals surface area contributed by atoms with Crippen LogP contribution < -0.4 is 0 Å². The van der Waals surface area contributed by atoms with Gasteiger partial charge in [-0.25, -0.2) is 0 Å². The number of ether oxygens (including phenoxy) is 1. The summed E-state index contributed by atoms with van der Waals surface area (Å²) in [5.74, 6) is 3.26. The van der Waals surface area contributed by atoms with Gasteiger partial charge < -0.3 is 9.84 Å². The van der Waals surface area contributed by atoms with Crippen molar-refractivity contribution in [3.8, 4) is 0 Å². The molecule has 19 heavy (non-hydrogen) atoms. The second-order valence-corrected chi connectivity index (χ2v) is 9.65. The molecule has 1 aromatic carbocycles. The highest BCUT2D eigenvalue weighted by atomic mass is 32.3. The van der Waals surface area contributed by atoms with Crippen molar-refractivity contribution >= 4 is 35.3 Å². The van der Waals surface area contributed by atoms with E-state index in [2.05, 4.69) is 0 Å². The molecule has 0 amide bonds. The number of hydrogen-bond acceptors (Lipinski definition) is 5. The zero-order valence-electron chi connectivity index (χ0n) is 10.9. The first-order valence-electron chi connectivity index (χ1n) is 6.34. The Morgan fingerprint density at radius 1 is 1.16 bits per heavy atom. The Balaban J connectivity index is 1.77. The summed E-state index contributed by atoms with van der Waals surface area (Å²) < 4.78 is 5.25. The normalized spacial score (nSPS) is 35.3. The smallest absolute Gasteiger partial charge is 0.137 e. The molecule has 0 aromatic heterocycles. The van der Waals surface area contributed by atoms with Crippen LogP contribution in [0.2, 0.25) is 0 Å². The lowest BCUT2D eigenvalue weighted by molar-refractivity contribution is 0.120. The summed E-state index contributed by atoms with van der Waals surface area (Å²) in [6.07, 6.45) is -0.408. The lowest BCUT2D eigenvalue weighted by Crippen LogP contribution is -2.49. The molecule has 1 aromatic rings. The predicted octanol–water partition coefficient (Wildman–Crippen LogP) is 3.23. The third kappa shape index (κ3) is 2.56. The molecule has 1 unspecified atom stereocenters. The van der Waals surface area contributed by atoms with Crippen LogP contribution in [0, 0.1) is 5.41 Å². The van der Waals surface area contributed by atoms with Gasteiger partial charge in [0.25, 0.3) is 0 Å². The monoisotopic (exact) mass is 314 g/mol.